The first-order valence-corrected chi connectivity index (χ1v) is 8.43. The Balaban J connectivity index is 2.69. The Morgan fingerprint density at radius 2 is 2.00 bits per heavy atom. The van der Waals surface area contributed by atoms with E-state index in [-0.39, 0.29) is 5.82 Å². The molecule has 0 aliphatic carbocycles. The van der Waals surface area contributed by atoms with E-state index >= 15 is 0 Å². The summed E-state index contributed by atoms with van der Waals surface area (Å²) in [5.41, 5.74) is 0. The van der Waals surface area contributed by atoms with E-state index < -0.39 is 19.6 Å². The molecule has 1 aliphatic rings. The summed E-state index contributed by atoms with van der Waals surface area (Å²) in [7, 11) is -2.91. The van der Waals surface area contributed by atoms with E-state index in [9.17, 15) is 8.60 Å². The molecule has 0 saturated carbocycles. The summed E-state index contributed by atoms with van der Waals surface area (Å²) in [5.74, 6) is -0.383. The van der Waals surface area contributed by atoms with Crippen molar-refractivity contribution >= 4 is 25.9 Å². The van der Waals surface area contributed by atoms with Crippen molar-refractivity contribution in [3.8, 4) is 0 Å². The van der Waals surface area contributed by atoms with Crippen LogP contribution in [0, 0.1) is 5.82 Å². The van der Waals surface area contributed by atoms with E-state index in [2.05, 4.69) is 21.2 Å². The van der Waals surface area contributed by atoms with Crippen molar-refractivity contribution in [2.75, 3.05) is 6.54 Å². The van der Waals surface area contributed by atoms with Crippen molar-refractivity contribution in [1.82, 2.24) is 5.32 Å². The molecule has 0 amide bonds. The normalized spacial score (nSPS) is 25.0. The molecule has 0 radical (unpaired) electrons. The van der Waals surface area contributed by atoms with Gasteiger partial charge in [0.05, 0.1) is 9.77 Å². The average molecular weight is 336 g/mol. The smallest absolute Gasteiger partial charge is 0.137 e. The van der Waals surface area contributed by atoms with Crippen LogP contribution >= 0.6 is 15.9 Å². The molecule has 1 N–H and O–H groups in total. The van der Waals surface area contributed by atoms with Crippen LogP contribution in [0.3, 0.4) is 0 Å². The molecule has 1 fully saturated rings. The predicted octanol–water partition coefficient (Wildman–Crippen LogP) is 3.08. The molecule has 102 valence electrons. The van der Waals surface area contributed by atoms with Gasteiger partial charge in [-0.1, -0.05) is 25.9 Å². The molecule has 0 bridgehead atoms. The monoisotopic (exact) mass is 335 g/mol. The second-order valence-electron chi connectivity index (χ2n) is 6.00. The third-order valence-corrected chi connectivity index (χ3v) is 8.69. The molecule has 1 heterocycles. The summed E-state index contributed by atoms with van der Waals surface area (Å²) in [5, 5.41) is 3.16. The minimum absolute atomic E-state index is 0.344. The lowest BCUT2D eigenvalue weighted by Gasteiger charge is -2.41. The molecule has 0 unspecified atom stereocenters. The van der Waals surface area contributed by atoms with Crippen molar-refractivity contribution < 1.29 is 8.60 Å². The molecule has 2 rings (SSSR count). The van der Waals surface area contributed by atoms with Gasteiger partial charge in [-0.15, -0.1) is 0 Å². The Bertz CT molecular complexity index is 525. The van der Waals surface area contributed by atoms with Gasteiger partial charge in [0, 0.05) is 15.8 Å². The maximum Gasteiger partial charge on any atom is 0.137 e. The molecule has 1 aromatic rings. The van der Waals surface area contributed by atoms with Crippen LogP contribution in [0.5, 0.6) is 0 Å². The van der Waals surface area contributed by atoms with Crippen molar-refractivity contribution in [2.24, 2.45) is 0 Å². The number of nitrogens with one attached hydrogen (secondary N) is 1. The Morgan fingerprint density at radius 3 is 2.44 bits per heavy atom. The third-order valence-electron chi connectivity index (χ3n) is 3.58. The highest BCUT2D eigenvalue weighted by Gasteiger charge is 2.55. The molecule has 1 aromatic carbocycles. The zero-order chi connectivity index (χ0) is 13.8. The number of thiol groups is 1. The van der Waals surface area contributed by atoms with E-state index in [0.717, 1.165) is 4.47 Å². The highest BCUT2D eigenvalue weighted by atomic mass is 79.9. The zero-order valence-corrected chi connectivity index (χ0v) is 13.5. The molecule has 1 atom stereocenters. The predicted molar refractivity (Wildman–Crippen MR) is 78.1 cm³/mol. The molecule has 2 nitrogen and oxygen atoms in total. The second-order valence-corrected chi connectivity index (χ2v) is 10.9. The van der Waals surface area contributed by atoms with Crippen molar-refractivity contribution in [3.05, 3.63) is 28.5 Å². The number of hydrogen-bond donors (Lipinski definition) is 2. The Morgan fingerprint density at radius 1 is 1.44 bits per heavy atom. The molecular formula is C13H19BrFNOS. The molecule has 0 aromatic heterocycles. The van der Waals surface area contributed by atoms with E-state index in [0.29, 0.717) is 11.4 Å². The number of hydrogen-bond acceptors (Lipinski definition) is 2. The maximum absolute atomic E-state index is 14.1. The Labute approximate surface area is 117 Å². The Kier molecular flexibility index (Phi) is 3.24. The lowest BCUT2D eigenvalue weighted by Crippen LogP contribution is -2.47. The fourth-order valence-electron chi connectivity index (χ4n) is 2.45. The first kappa shape index (κ1) is 14.2. The molecule has 0 spiro atoms. The largest absolute Gasteiger partial charge is 0.298 e. The molecule has 18 heavy (non-hydrogen) atoms. The van der Waals surface area contributed by atoms with Gasteiger partial charge in [-0.25, -0.2) is 4.39 Å². The van der Waals surface area contributed by atoms with E-state index in [4.69, 9.17) is 0 Å². The maximum atomic E-state index is 14.1. The molecule has 1 saturated heterocycles. The van der Waals surface area contributed by atoms with Crippen molar-refractivity contribution in [2.45, 2.75) is 42.2 Å². The zero-order valence-electron chi connectivity index (χ0n) is 11.1. The SMILES string of the molecule is CC(C)(C)[SH](=O)(c1cc(Br)ccc1F)[C@]1(C)CN1. The van der Waals surface area contributed by atoms with Crippen LogP contribution in [-0.4, -0.2) is 20.4 Å². The quantitative estimate of drug-likeness (QED) is 0.644. The van der Waals surface area contributed by atoms with Gasteiger partial charge in [0.1, 0.15) is 5.82 Å². The van der Waals surface area contributed by atoms with E-state index in [1.165, 1.54) is 6.07 Å². The van der Waals surface area contributed by atoms with Gasteiger partial charge < -0.3 is 0 Å². The molecular weight excluding hydrogens is 317 g/mol. The third kappa shape index (κ3) is 1.96. The van der Waals surface area contributed by atoms with Gasteiger partial charge in [0.25, 0.3) is 0 Å². The van der Waals surface area contributed by atoms with Gasteiger partial charge >= 0.3 is 0 Å². The summed E-state index contributed by atoms with van der Waals surface area (Å²) < 4.78 is 28.0. The lowest BCUT2D eigenvalue weighted by molar-refractivity contribution is 0.572. The first-order chi connectivity index (χ1) is 8.12. The van der Waals surface area contributed by atoms with Gasteiger partial charge in [-0.3, -0.25) is 9.53 Å². The highest BCUT2D eigenvalue weighted by Crippen LogP contribution is 2.47. The van der Waals surface area contributed by atoms with Gasteiger partial charge in [0.15, 0.2) is 0 Å². The minimum atomic E-state index is -2.91. The fraction of sp³-hybridized carbons (Fsp3) is 0.538. The lowest BCUT2D eigenvalue weighted by atomic mass is 10.3. The van der Waals surface area contributed by atoms with Crippen LogP contribution in [-0.2, 0) is 9.93 Å². The minimum Gasteiger partial charge on any atom is -0.298 e. The molecule has 5 heteroatoms. The van der Waals surface area contributed by atoms with Gasteiger partial charge in [0.2, 0.25) is 0 Å². The van der Waals surface area contributed by atoms with Crippen molar-refractivity contribution in [1.29, 1.82) is 0 Å². The molecule has 1 aliphatic heterocycles. The average Bonchev–Trinajstić information content (AvgIpc) is 2.99. The Hall–Kier alpha value is -0.260. The van der Waals surface area contributed by atoms with Gasteiger partial charge in [-0.2, -0.15) is 0 Å². The topological polar surface area (TPSA) is 39.0 Å². The fourth-order valence-corrected chi connectivity index (χ4v) is 6.94. The summed E-state index contributed by atoms with van der Waals surface area (Å²) in [4.78, 5) is -0.135. The summed E-state index contributed by atoms with van der Waals surface area (Å²) in [6.45, 7) is 8.34. The van der Waals surface area contributed by atoms with Crippen molar-refractivity contribution in [3.63, 3.8) is 0 Å². The van der Waals surface area contributed by atoms with Crippen LogP contribution in [0.25, 0.3) is 0 Å². The van der Waals surface area contributed by atoms with E-state index in [1.807, 2.05) is 27.7 Å². The van der Waals surface area contributed by atoms with Crippen LogP contribution in [0.2, 0.25) is 0 Å². The van der Waals surface area contributed by atoms with Crippen LogP contribution in [0.1, 0.15) is 27.7 Å². The highest BCUT2D eigenvalue weighted by molar-refractivity contribution is 9.10. The van der Waals surface area contributed by atoms with E-state index in [1.54, 1.807) is 12.1 Å². The number of benzene rings is 1. The number of halogens is 2. The van der Waals surface area contributed by atoms with Crippen LogP contribution < -0.4 is 5.32 Å². The standard InChI is InChI=1S/C13H19BrFNOS/c1-12(2,3)18(17,13(4)8-16-13)11-7-9(14)5-6-10(11)15/h5-7,16,18H,8H2,1-4H3/t13-/m1/s1. The second kappa shape index (κ2) is 4.12. The summed E-state index contributed by atoms with van der Waals surface area (Å²) in [6, 6.07) is 4.67. The first-order valence-electron chi connectivity index (χ1n) is 5.93. The summed E-state index contributed by atoms with van der Waals surface area (Å²) >= 11 is 3.33. The van der Waals surface area contributed by atoms with Crippen LogP contribution in [0.15, 0.2) is 27.6 Å². The van der Waals surface area contributed by atoms with Gasteiger partial charge in [-0.05, 0) is 45.9 Å². The number of rotatable bonds is 2. The van der Waals surface area contributed by atoms with Crippen LogP contribution in [0.4, 0.5) is 4.39 Å². The summed E-state index contributed by atoms with van der Waals surface area (Å²) in [6.07, 6.45) is 0.